The molecule has 1 aromatic heterocycles. The van der Waals surface area contributed by atoms with Gasteiger partial charge in [-0.25, -0.2) is 0 Å². The van der Waals surface area contributed by atoms with E-state index in [-0.39, 0.29) is 5.78 Å². The number of carbonyl (C=O) groups is 1. The SMILES string of the molecule is CC(=O)/C(C)=C/Cn1cccc1C. The molecule has 1 aromatic rings. The van der Waals surface area contributed by atoms with E-state index in [9.17, 15) is 4.79 Å². The van der Waals surface area contributed by atoms with E-state index in [1.165, 1.54) is 5.69 Å². The predicted molar refractivity (Wildman–Crippen MR) is 53.6 cm³/mol. The van der Waals surface area contributed by atoms with E-state index in [0.717, 1.165) is 12.1 Å². The van der Waals surface area contributed by atoms with Crippen molar-refractivity contribution in [2.75, 3.05) is 0 Å². The van der Waals surface area contributed by atoms with Crippen LogP contribution in [0.1, 0.15) is 19.5 Å². The Morgan fingerprint density at radius 2 is 2.23 bits per heavy atom. The molecular formula is C11H15NO. The number of aryl methyl sites for hydroxylation is 1. The monoisotopic (exact) mass is 177 g/mol. The summed E-state index contributed by atoms with van der Waals surface area (Å²) in [5.74, 6) is 0.143. The Morgan fingerprint density at radius 3 is 2.69 bits per heavy atom. The van der Waals surface area contributed by atoms with Crippen molar-refractivity contribution in [1.29, 1.82) is 0 Å². The molecular weight excluding hydrogens is 162 g/mol. The number of aromatic nitrogens is 1. The van der Waals surface area contributed by atoms with Crippen molar-refractivity contribution in [1.82, 2.24) is 4.57 Å². The number of ketones is 1. The molecule has 0 saturated carbocycles. The van der Waals surface area contributed by atoms with Crippen LogP contribution in [0.15, 0.2) is 30.0 Å². The maximum Gasteiger partial charge on any atom is 0.155 e. The summed E-state index contributed by atoms with van der Waals surface area (Å²) in [6, 6.07) is 4.06. The first kappa shape index (κ1) is 9.78. The minimum atomic E-state index is 0.143. The van der Waals surface area contributed by atoms with Crippen molar-refractivity contribution in [2.24, 2.45) is 0 Å². The Hall–Kier alpha value is -1.31. The number of carbonyl (C=O) groups excluding carboxylic acids is 1. The zero-order valence-electron chi connectivity index (χ0n) is 8.37. The van der Waals surface area contributed by atoms with Crippen molar-refractivity contribution in [3.63, 3.8) is 0 Å². The fraction of sp³-hybridized carbons (Fsp3) is 0.364. The van der Waals surface area contributed by atoms with Gasteiger partial charge in [-0.15, -0.1) is 0 Å². The first-order chi connectivity index (χ1) is 6.11. The molecule has 13 heavy (non-hydrogen) atoms. The van der Waals surface area contributed by atoms with Gasteiger partial charge in [0.25, 0.3) is 0 Å². The highest BCUT2D eigenvalue weighted by Crippen LogP contribution is 2.02. The number of hydrogen-bond donors (Lipinski definition) is 0. The van der Waals surface area contributed by atoms with Crippen LogP contribution in [-0.4, -0.2) is 10.4 Å². The minimum Gasteiger partial charge on any atom is -0.348 e. The minimum absolute atomic E-state index is 0.143. The van der Waals surface area contributed by atoms with Crippen LogP contribution in [0.5, 0.6) is 0 Å². The van der Waals surface area contributed by atoms with Crippen molar-refractivity contribution in [3.8, 4) is 0 Å². The molecule has 0 N–H and O–H groups in total. The largest absolute Gasteiger partial charge is 0.348 e. The van der Waals surface area contributed by atoms with Gasteiger partial charge in [0.05, 0.1) is 0 Å². The number of nitrogens with zero attached hydrogens (tertiary/aromatic N) is 1. The van der Waals surface area contributed by atoms with Crippen molar-refractivity contribution >= 4 is 5.78 Å². The normalized spacial score (nSPS) is 11.8. The zero-order chi connectivity index (χ0) is 9.84. The lowest BCUT2D eigenvalue weighted by Crippen LogP contribution is -1.98. The van der Waals surface area contributed by atoms with Gasteiger partial charge in [-0.3, -0.25) is 4.79 Å². The third-order valence-corrected chi connectivity index (χ3v) is 2.21. The van der Waals surface area contributed by atoms with E-state index in [1.54, 1.807) is 6.92 Å². The lowest BCUT2D eigenvalue weighted by molar-refractivity contribution is -0.113. The Kier molecular flexibility index (Phi) is 3.07. The van der Waals surface area contributed by atoms with Gasteiger partial charge < -0.3 is 4.57 Å². The van der Waals surface area contributed by atoms with E-state index < -0.39 is 0 Å². The van der Waals surface area contributed by atoms with Gasteiger partial charge in [0.1, 0.15) is 0 Å². The Bertz CT molecular complexity index is 334. The third kappa shape index (κ3) is 2.58. The van der Waals surface area contributed by atoms with E-state index >= 15 is 0 Å². The number of allylic oxidation sites excluding steroid dienone is 2. The Balaban J connectivity index is 2.67. The maximum atomic E-state index is 10.9. The van der Waals surface area contributed by atoms with Crippen molar-refractivity contribution in [3.05, 3.63) is 35.7 Å². The first-order valence-corrected chi connectivity index (χ1v) is 4.40. The first-order valence-electron chi connectivity index (χ1n) is 4.40. The molecule has 0 spiro atoms. The molecule has 1 heterocycles. The number of hydrogen-bond acceptors (Lipinski definition) is 1. The van der Waals surface area contributed by atoms with Crippen LogP contribution in [0.3, 0.4) is 0 Å². The molecule has 0 fully saturated rings. The molecule has 0 aromatic carbocycles. The van der Waals surface area contributed by atoms with E-state index in [1.807, 2.05) is 25.3 Å². The van der Waals surface area contributed by atoms with E-state index in [4.69, 9.17) is 0 Å². The molecule has 70 valence electrons. The predicted octanol–water partition coefficient (Wildman–Crippen LogP) is 2.33. The fourth-order valence-electron chi connectivity index (χ4n) is 1.08. The van der Waals surface area contributed by atoms with Crippen LogP contribution in [0, 0.1) is 6.92 Å². The molecule has 0 saturated heterocycles. The number of rotatable bonds is 3. The molecule has 0 atom stereocenters. The molecule has 0 aliphatic carbocycles. The highest BCUT2D eigenvalue weighted by molar-refractivity contribution is 5.92. The van der Waals surface area contributed by atoms with Gasteiger partial charge in [0.2, 0.25) is 0 Å². The second kappa shape index (κ2) is 4.08. The molecule has 0 bridgehead atoms. The maximum absolute atomic E-state index is 10.9. The molecule has 2 nitrogen and oxygen atoms in total. The number of Topliss-reactive ketones (excluding diaryl/α,β-unsaturated/α-hetero) is 1. The summed E-state index contributed by atoms with van der Waals surface area (Å²) in [6.45, 7) is 6.27. The van der Waals surface area contributed by atoms with Crippen molar-refractivity contribution in [2.45, 2.75) is 27.3 Å². The summed E-state index contributed by atoms with van der Waals surface area (Å²) in [5.41, 5.74) is 2.04. The highest BCUT2D eigenvalue weighted by Gasteiger charge is 1.96. The van der Waals surface area contributed by atoms with Gasteiger partial charge in [-0.05, 0) is 38.5 Å². The summed E-state index contributed by atoms with van der Waals surface area (Å²) in [7, 11) is 0. The molecule has 0 unspecified atom stereocenters. The molecule has 0 aliphatic rings. The third-order valence-electron chi connectivity index (χ3n) is 2.21. The standard InChI is InChI=1S/C11H15NO/c1-9(11(3)13)6-8-12-7-4-5-10(12)2/h4-7H,8H2,1-3H3/b9-6+. The fourth-order valence-corrected chi connectivity index (χ4v) is 1.08. The second-order valence-electron chi connectivity index (χ2n) is 3.25. The average molecular weight is 177 g/mol. The summed E-state index contributed by atoms with van der Waals surface area (Å²) in [4.78, 5) is 10.9. The van der Waals surface area contributed by atoms with Gasteiger partial charge in [-0.1, -0.05) is 6.08 Å². The van der Waals surface area contributed by atoms with Crippen LogP contribution in [0.25, 0.3) is 0 Å². The molecule has 0 amide bonds. The average Bonchev–Trinajstić information content (AvgIpc) is 2.47. The summed E-state index contributed by atoms with van der Waals surface area (Å²) < 4.78 is 2.10. The molecule has 1 rings (SSSR count). The van der Waals surface area contributed by atoms with Gasteiger partial charge >= 0.3 is 0 Å². The van der Waals surface area contributed by atoms with Crippen LogP contribution in [-0.2, 0) is 11.3 Å². The second-order valence-corrected chi connectivity index (χ2v) is 3.25. The van der Waals surface area contributed by atoms with E-state index in [2.05, 4.69) is 17.6 Å². The van der Waals surface area contributed by atoms with Gasteiger partial charge in [0, 0.05) is 18.4 Å². The Labute approximate surface area is 78.9 Å². The van der Waals surface area contributed by atoms with E-state index in [0.29, 0.717) is 0 Å². The van der Waals surface area contributed by atoms with Crippen LogP contribution < -0.4 is 0 Å². The Morgan fingerprint density at radius 1 is 1.54 bits per heavy atom. The lowest BCUT2D eigenvalue weighted by Gasteiger charge is -2.02. The van der Waals surface area contributed by atoms with Crippen LogP contribution >= 0.6 is 0 Å². The summed E-state index contributed by atoms with van der Waals surface area (Å²) >= 11 is 0. The topological polar surface area (TPSA) is 22.0 Å². The zero-order valence-corrected chi connectivity index (χ0v) is 8.37. The van der Waals surface area contributed by atoms with Crippen molar-refractivity contribution < 1.29 is 4.79 Å². The van der Waals surface area contributed by atoms with Crippen LogP contribution in [0.4, 0.5) is 0 Å². The molecule has 2 heteroatoms. The van der Waals surface area contributed by atoms with Gasteiger partial charge in [0.15, 0.2) is 5.78 Å². The van der Waals surface area contributed by atoms with Gasteiger partial charge in [-0.2, -0.15) is 0 Å². The summed E-state index contributed by atoms with van der Waals surface area (Å²) in [5, 5.41) is 0. The smallest absolute Gasteiger partial charge is 0.155 e. The molecule has 0 radical (unpaired) electrons. The highest BCUT2D eigenvalue weighted by atomic mass is 16.1. The van der Waals surface area contributed by atoms with Crippen LogP contribution in [0.2, 0.25) is 0 Å². The quantitative estimate of drug-likeness (QED) is 0.649. The summed E-state index contributed by atoms with van der Waals surface area (Å²) in [6.07, 6.45) is 3.97. The molecule has 0 aliphatic heterocycles. The lowest BCUT2D eigenvalue weighted by atomic mass is 10.2.